The molecule has 314 valence electrons. The van der Waals surface area contributed by atoms with E-state index in [2.05, 4.69) is 26.2 Å². The van der Waals surface area contributed by atoms with Gasteiger partial charge in [0.1, 0.15) is 29.2 Å². The summed E-state index contributed by atoms with van der Waals surface area (Å²) >= 11 is 0. The Morgan fingerprint density at radius 1 is 0.797 bits per heavy atom. The number of aryl methyl sites for hydroxylation is 1. The minimum absolute atomic E-state index is 0.0119. The third-order valence-corrected chi connectivity index (χ3v) is 9.13. The normalized spacial score (nSPS) is 12.3. The summed E-state index contributed by atoms with van der Waals surface area (Å²) < 4.78 is 48.8. The first-order valence-electron chi connectivity index (χ1n) is 18.7. The smallest absolute Gasteiger partial charge is 0.328 e. The van der Waals surface area contributed by atoms with Crippen molar-refractivity contribution in [2.24, 2.45) is 11.8 Å². The van der Waals surface area contributed by atoms with Crippen molar-refractivity contribution < 1.29 is 61.0 Å². The summed E-state index contributed by atoms with van der Waals surface area (Å²) in [6.07, 6.45) is -0.219. The van der Waals surface area contributed by atoms with Gasteiger partial charge in [0.05, 0.1) is 52.0 Å². The van der Waals surface area contributed by atoms with E-state index in [1.807, 2.05) is 30.3 Å². The largest absolute Gasteiger partial charge is 0.493 e. The Morgan fingerprint density at radius 3 is 2.24 bits per heavy atom. The first kappa shape index (κ1) is 45.1. The number of halogens is 2. The van der Waals surface area contributed by atoms with Gasteiger partial charge in [-0.2, -0.15) is 0 Å². The van der Waals surface area contributed by atoms with Gasteiger partial charge in [0.25, 0.3) is 11.8 Å². The molecule has 4 aromatic rings. The predicted molar refractivity (Wildman–Crippen MR) is 207 cm³/mol. The van der Waals surface area contributed by atoms with Gasteiger partial charge in [-0.3, -0.25) is 28.8 Å². The van der Waals surface area contributed by atoms with E-state index in [9.17, 15) is 37.5 Å². The second-order valence-corrected chi connectivity index (χ2v) is 13.0. The average Bonchev–Trinajstić information content (AvgIpc) is 3.73. The van der Waals surface area contributed by atoms with Crippen LogP contribution < -0.4 is 26.2 Å². The van der Waals surface area contributed by atoms with Crippen molar-refractivity contribution in [1.29, 1.82) is 0 Å². The highest BCUT2D eigenvalue weighted by atomic mass is 19.1. The van der Waals surface area contributed by atoms with E-state index in [4.69, 9.17) is 18.7 Å². The summed E-state index contributed by atoms with van der Waals surface area (Å²) in [5.41, 5.74) is 3.84. The molecule has 1 heterocycles. The van der Waals surface area contributed by atoms with Crippen LogP contribution in [0.3, 0.4) is 0 Å². The summed E-state index contributed by atoms with van der Waals surface area (Å²) in [6.45, 7) is 3.29. The fourth-order valence-electron chi connectivity index (χ4n) is 6.05. The zero-order valence-corrected chi connectivity index (χ0v) is 32.9. The van der Waals surface area contributed by atoms with Gasteiger partial charge in [-0.25, -0.2) is 19.1 Å². The van der Waals surface area contributed by atoms with Crippen LogP contribution in [0.1, 0.15) is 65.1 Å². The van der Waals surface area contributed by atoms with Gasteiger partial charge in [-0.05, 0) is 67.6 Å². The number of rotatable bonds is 21. The fourth-order valence-corrected chi connectivity index (χ4v) is 6.05. The van der Waals surface area contributed by atoms with Gasteiger partial charge in [0, 0.05) is 17.5 Å². The predicted octanol–water partition coefficient (Wildman–Crippen LogP) is 4.78. The van der Waals surface area contributed by atoms with Crippen molar-refractivity contribution in [2.75, 3.05) is 27.5 Å². The molecule has 0 aliphatic rings. The van der Waals surface area contributed by atoms with E-state index in [1.54, 1.807) is 13.8 Å². The third-order valence-electron chi connectivity index (χ3n) is 9.13. The molecule has 4 rings (SSSR count). The Balaban J connectivity index is 1.42. The lowest BCUT2D eigenvalue weighted by Gasteiger charge is -2.25. The van der Waals surface area contributed by atoms with Crippen LogP contribution in [0.2, 0.25) is 0 Å². The maximum atomic E-state index is 14.5. The molecule has 3 atom stereocenters. The Labute approximate surface area is 339 Å². The van der Waals surface area contributed by atoms with E-state index in [-0.39, 0.29) is 67.5 Å². The fraction of sp³-hybridized carbons (Fsp3) is 0.333. The summed E-state index contributed by atoms with van der Waals surface area (Å²) in [4.78, 5) is 82.5. The number of carbonyl (C=O) groups is 6. The molecule has 0 aliphatic heterocycles. The number of amides is 4. The standard InChI is InChI=1S/C42H46F2N4O11/c1-5-29(40(52)48-58-23-25-10-8-7-9-11-25)30(16-13-26-12-15-28(43)21-32(26)44)38(50)45-24-46-41(53)35-19-18-34(59-35)27-14-17-31(36(20-27)57-6-2)39(51)47-33(42(54)56-4)22-37(49)55-3/h7-12,14-15,17-21,29-30,33H,5-6,13,16,22-24H2,1-4H3,(H,45,50)(H,46,53)(H,47,51)(H,48,52)/t29-,30-,33+/m1/s1. The topological polar surface area (TPSA) is 201 Å². The second-order valence-electron chi connectivity index (χ2n) is 13.0. The summed E-state index contributed by atoms with van der Waals surface area (Å²) in [7, 11) is 2.26. The Bertz CT molecular complexity index is 2090. The number of hydrogen-bond donors (Lipinski definition) is 4. The summed E-state index contributed by atoms with van der Waals surface area (Å²) in [5.74, 6) is -7.41. The minimum atomic E-state index is -1.32. The van der Waals surface area contributed by atoms with Gasteiger partial charge < -0.3 is 34.6 Å². The van der Waals surface area contributed by atoms with Crippen LogP contribution in [0.25, 0.3) is 11.3 Å². The van der Waals surface area contributed by atoms with Crippen LogP contribution in [-0.4, -0.2) is 69.1 Å². The number of nitrogens with one attached hydrogen (secondary N) is 4. The Kier molecular flexibility index (Phi) is 17.1. The van der Waals surface area contributed by atoms with Gasteiger partial charge >= 0.3 is 11.9 Å². The number of esters is 2. The number of carbonyl (C=O) groups excluding carboxylic acids is 6. The molecule has 0 saturated heterocycles. The zero-order chi connectivity index (χ0) is 42.9. The SMILES string of the molecule is CCOc1cc(-c2ccc(C(=O)NCNC(=O)[C@H](CCc3ccc(F)cc3F)[C@@H](CC)C(=O)NOCc3ccccc3)o2)ccc1C(=O)N[C@@H](CC(=O)OC)C(=O)OC. The highest BCUT2D eigenvalue weighted by Gasteiger charge is 2.33. The number of benzene rings is 3. The molecule has 4 N–H and O–H groups in total. The summed E-state index contributed by atoms with van der Waals surface area (Å²) in [5, 5.41) is 7.61. The third kappa shape index (κ3) is 12.9. The minimum Gasteiger partial charge on any atom is -0.493 e. The monoisotopic (exact) mass is 820 g/mol. The molecule has 4 amide bonds. The molecule has 15 nitrogen and oxygen atoms in total. The molecule has 1 aromatic heterocycles. The molecule has 0 bridgehead atoms. The number of furan rings is 1. The number of hydrogen-bond acceptors (Lipinski definition) is 11. The second kappa shape index (κ2) is 22.4. The highest BCUT2D eigenvalue weighted by molar-refractivity contribution is 6.00. The molecular weight excluding hydrogens is 774 g/mol. The van der Waals surface area contributed by atoms with Gasteiger partial charge in [-0.15, -0.1) is 0 Å². The maximum absolute atomic E-state index is 14.5. The first-order valence-corrected chi connectivity index (χ1v) is 18.7. The van der Waals surface area contributed by atoms with E-state index >= 15 is 0 Å². The quantitative estimate of drug-likeness (QED) is 0.0512. The Morgan fingerprint density at radius 2 is 1.56 bits per heavy atom. The molecule has 0 spiro atoms. The number of ether oxygens (including phenoxy) is 3. The van der Waals surface area contributed by atoms with Gasteiger partial charge in [0.15, 0.2) is 5.76 Å². The van der Waals surface area contributed by atoms with Gasteiger partial charge in [-0.1, -0.05) is 49.4 Å². The van der Waals surface area contributed by atoms with Crippen LogP contribution in [-0.2, 0) is 46.5 Å². The molecular formula is C42H46F2N4O11. The van der Waals surface area contributed by atoms with E-state index < -0.39 is 71.5 Å². The van der Waals surface area contributed by atoms with Crippen molar-refractivity contribution in [1.82, 2.24) is 21.4 Å². The maximum Gasteiger partial charge on any atom is 0.328 e. The number of methoxy groups -OCH3 is 2. The molecule has 17 heteroatoms. The van der Waals surface area contributed by atoms with Gasteiger partial charge in [0.2, 0.25) is 11.8 Å². The zero-order valence-electron chi connectivity index (χ0n) is 32.9. The molecule has 0 aliphatic carbocycles. The average molecular weight is 821 g/mol. The lowest BCUT2D eigenvalue weighted by molar-refractivity contribution is -0.149. The summed E-state index contributed by atoms with van der Waals surface area (Å²) in [6, 6.07) is 18.3. The van der Waals surface area contributed by atoms with Crippen LogP contribution >= 0.6 is 0 Å². The van der Waals surface area contributed by atoms with Crippen LogP contribution in [0, 0.1) is 23.5 Å². The molecule has 0 saturated carbocycles. The lowest BCUT2D eigenvalue weighted by Crippen LogP contribution is -2.45. The van der Waals surface area contributed by atoms with E-state index in [1.165, 1.54) is 36.4 Å². The van der Waals surface area contributed by atoms with E-state index in [0.717, 1.165) is 31.9 Å². The Hall–Kier alpha value is -6.62. The lowest BCUT2D eigenvalue weighted by atomic mass is 9.84. The van der Waals surface area contributed by atoms with Crippen LogP contribution in [0.15, 0.2) is 83.3 Å². The van der Waals surface area contributed by atoms with Crippen LogP contribution in [0.4, 0.5) is 8.78 Å². The van der Waals surface area contributed by atoms with Crippen molar-refractivity contribution in [3.8, 4) is 17.1 Å². The molecule has 0 unspecified atom stereocenters. The van der Waals surface area contributed by atoms with Crippen molar-refractivity contribution >= 4 is 35.6 Å². The molecule has 59 heavy (non-hydrogen) atoms. The van der Waals surface area contributed by atoms with Crippen LogP contribution in [0.5, 0.6) is 5.75 Å². The first-order chi connectivity index (χ1) is 28.4. The number of hydroxylamine groups is 1. The van der Waals surface area contributed by atoms with E-state index in [0.29, 0.717) is 5.56 Å². The highest BCUT2D eigenvalue weighted by Crippen LogP contribution is 2.30. The van der Waals surface area contributed by atoms with Crippen molar-refractivity contribution in [3.05, 3.63) is 113 Å². The molecule has 3 aromatic carbocycles. The molecule has 0 fully saturated rings. The van der Waals surface area contributed by atoms with Crippen molar-refractivity contribution in [2.45, 2.75) is 52.2 Å². The van der Waals surface area contributed by atoms with Crippen molar-refractivity contribution in [3.63, 3.8) is 0 Å². The molecule has 0 radical (unpaired) electrons.